The fourth-order valence-corrected chi connectivity index (χ4v) is 6.35. The van der Waals surface area contributed by atoms with Gasteiger partial charge in [0.2, 0.25) is 0 Å². The molecule has 0 bridgehead atoms. The van der Waals surface area contributed by atoms with Gasteiger partial charge in [0, 0.05) is 13.0 Å². The van der Waals surface area contributed by atoms with E-state index in [0.717, 1.165) is 77.0 Å². The molecule has 0 saturated heterocycles. The van der Waals surface area contributed by atoms with E-state index in [4.69, 9.17) is 18.5 Å². The molecule has 0 amide bonds. The Morgan fingerprint density at radius 1 is 0.571 bits per heavy atom. The molecule has 0 aliphatic heterocycles. The van der Waals surface area contributed by atoms with Crippen molar-refractivity contribution in [2.24, 2.45) is 0 Å². The van der Waals surface area contributed by atoms with Gasteiger partial charge in [-0.25, -0.2) is 4.57 Å². The van der Waals surface area contributed by atoms with E-state index in [1.54, 1.807) is 0 Å². The van der Waals surface area contributed by atoms with Crippen molar-refractivity contribution in [1.29, 1.82) is 0 Å². The molecule has 8 nitrogen and oxygen atoms in total. The average molecular weight is 807 g/mol. The van der Waals surface area contributed by atoms with Gasteiger partial charge in [-0.1, -0.05) is 164 Å². The predicted octanol–water partition coefficient (Wildman–Crippen LogP) is 13.1. The Balaban J connectivity index is 4.11. The number of likely N-dealkylation sites (N-methyl/N-ethyl adjacent to an activating group) is 1. The summed E-state index contributed by atoms with van der Waals surface area (Å²) in [4.78, 5) is 22.7. The maximum absolute atomic E-state index is 12.6. The fraction of sp³-hybridized carbons (Fsp3) is 0.723. The molecule has 9 heteroatoms. The maximum atomic E-state index is 12.6. The minimum atomic E-state index is -4.27. The number of unbranched alkanes of at least 4 members (excludes halogenated alkanes) is 14. The number of nitrogens with zero attached hydrogens (tertiary/aromatic N) is 1. The highest BCUT2D eigenvalue weighted by atomic mass is 31.2. The van der Waals surface area contributed by atoms with Gasteiger partial charge in [0.15, 0.2) is 0 Å². The molecule has 324 valence electrons. The summed E-state index contributed by atoms with van der Waals surface area (Å²) in [5.74, 6) is -0.326. The molecule has 2 unspecified atom stereocenters. The lowest BCUT2D eigenvalue weighted by Crippen LogP contribution is -2.37. The molecular formula is C47H85NO7P+. The van der Waals surface area contributed by atoms with Crippen LogP contribution in [0.1, 0.15) is 162 Å². The number of quaternary nitrogens is 1. The molecule has 0 radical (unpaired) electrons. The van der Waals surface area contributed by atoms with Crippen molar-refractivity contribution >= 4 is 13.8 Å². The molecule has 0 aliphatic carbocycles. The third-order valence-electron chi connectivity index (χ3n) is 9.03. The zero-order valence-electron chi connectivity index (χ0n) is 36.6. The number of ether oxygens (including phenoxy) is 2. The van der Waals surface area contributed by atoms with Crippen molar-refractivity contribution in [2.45, 2.75) is 168 Å². The fourth-order valence-electron chi connectivity index (χ4n) is 5.61. The van der Waals surface area contributed by atoms with Crippen molar-refractivity contribution in [3.8, 4) is 0 Å². The molecule has 0 aromatic carbocycles. The monoisotopic (exact) mass is 807 g/mol. The molecule has 0 fully saturated rings. The van der Waals surface area contributed by atoms with Gasteiger partial charge in [-0.05, 0) is 64.2 Å². The number of allylic oxidation sites excluding steroid dienone is 12. The number of esters is 1. The van der Waals surface area contributed by atoms with Crippen molar-refractivity contribution in [2.75, 3.05) is 54.1 Å². The van der Waals surface area contributed by atoms with Crippen molar-refractivity contribution < 1.29 is 37.3 Å². The summed E-state index contributed by atoms with van der Waals surface area (Å²) < 4.78 is 34.9. The molecule has 0 heterocycles. The van der Waals surface area contributed by atoms with E-state index >= 15 is 0 Å². The van der Waals surface area contributed by atoms with Gasteiger partial charge in [-0.3, -0.25) is 13.8 Å². The van der Waals surface area contributed by atoms with E-state index in [9.17, 15) is 14.3 Å². The minimum Gasteiger partial charge on any atom is -0.457 e. The predicted molar refractivity (Wildman–Crippen MR) is 238 cm³/mol. The lowest BCUT2D eigenvalue weighted by atomic mass is 10.1. The van der Waals surface area contributed by atoms with E-state index in [0.29, 0.717) is 24.1 Å². The Labute approximate surface area is 344 Å². The smallest absolute Gasteiger partial charge is 0.457 e. The van der Waals surface area contributed by atoms with Crippen LogP contribution in [0.15, 0.2) is 72.9 Å². The van der Waals surface area contributed by atoms with Gasteiger partial charge in [-0.2, -0.15) is 0 Å². The van der Waals surface area contributed by atoms with Crippen LogP contribution in [0, 0.1) is 0 Å². The number of hydrogen-bond acceptors (Lipinski definition) is 6. The number of rotatable bonds is 40. The number of phosphoric acid groups is 1. The molecule has 0 saturated carbocycles. The first-order valence-electron chi connectivity index (χ1n) is 22.2. The largest absolute Gasteiger partial charge is 0.472 e. The van der Waals surface area contributed by atoms with E-state index < -0.39 is 13.9 Å². The van der Waals surface area contributed by atoms with Gasteiger partial charge in [0.1, 0.15) is 19.3 Å². The van der Waals surface area contributed by atoms with Crippen LogP contribution in [0.25, 0.3) is 0 Å². The molecule has 1 N–H and O–H groups in total. The number of carbonyl (C=O) groups excluding carboxylic acids is 1. The van der Waals surface area contributed by atoms with Gasteiger partial charge < -0.3 is 18.9 Å². The van der Waals surface area contributed by atoms with Crippen LogP contribution in [0.3, 0.4) is 0 Å². The van der Waals surface area contributed by atoms with E-state index in [1.807, 2.05) is 21.1 Å². The molecule has 56 heavy (non-hydrogen) atoms. The summed E-state index contributed by atoms with van der Waals surface area (Å²) in [6.45, 7) is 5.43. The van der Waals surface area contributed by atoms with Crippen LogP contribution in [-0.4, -0.2) is 75.6 Å². The van der Waals surface area contributed by atoms with E-state index in [1.165, 1.54) is 64.2 Å². The summed E-state index contributed by atoms with van der Waals surface area (Å²) in [6.07, 6.45) is 50.9. The zero-order chi connectivity index (χ0) is 41.3. The summed E-state index contributed by atoms with van der Waals surface area (Å²) in [7, 11) is 1.65. The lowest BCUT2D eigenvalue weighted by Gasteiger charge is -2.24. The van der Waals surface area contributed by atoms with Crippen molar-refractivity contribution in [3.63, 3.8) is 0 Å². The average Bonchev–Trinajstić information content (AvgIpc) is 3.15. The second-order valence-electron chi connectivity index (χ2n) is 15.7. The summed E-state index contributed by atoms with van der Waals surface area (Å²) in [6, 6.07) is 0. The first-order valence-corrected chi connectivity index (χ1v) is 23.7. The van der Waals surface area contributed by atoms with Crippen molar-refractivity contribution in [3.05, 3.63) is 72.9 Å². The van der Waals surface area contributed by atoms with Gasteiger partial charge in [0.25, 0.3) is 0 Å². The highest BCUT2D eigenvalue weighted by Gasteiger charge is 2.26. The Hall–Kier alpha value is -2.06. The standard InChI is InChI=1S/C47H84NO7P/c1-6-8-10-12-14-16-17-18-19-20-21-22-23-24-25-26-27-28-29-30-31-32-33-35-37-39-42-52-44-46(45-54-56(50,51)53-43-41-48(3,4)5)55-47(49)40-38-36-34-15-13-11-9-7-2/h8,10,14,16,18-19,21-22,24-25,27-28,46H,6-7,9,11-13,15,17,20,23,26,29-45H2,1-5H3/p+1/b10-8-,16-14-,19-18-,22-21-,25-24-,28-27-. The first kappa shape index (κ1) is 53.9. The zero-order valence-corrected chi connectivity index (χ0v) is 37.5. The highest BCUT2D eigenvalue weighted by molar-refractivity contribution is 7.47. The van der Waals surface area contributed by atoms with Gasteiger partial charge in [-0.15, -0.1) is 0 Å². The Kier molecular flexibility index (Phi) is 38.3. The Bertz CT molecular complexity index is 1120. The third-order valence-corrected chi connectivity index (χ3v) is 10.0. The minimum absolute atomic E-state index is 0.0835. The SMILES string of the molecule is CC/C=C\C/C=C\C/C=C\C/C=C\C/C=C\C/C=C\CCCCCCCCCOCC(COP(=O)(O)OCC[N+](C)(C)C)OC(=O)CCCCCCCCCC. The van der Waals surface area contributed by atoms with Gasteiger partial charge >= 0.3 is 13.8 Å². The van der Waals surface area contributed by atoms with E-state index in [2.05, 4.69) is 86.8 Å². The van der Waals surface area contributed by atoms with Crippen LogP contribution >= 0.6 is 7.82 Å². The quantitative estimate of drug-likeness (QED) is 0.0217. The summed E-state index contributed by atoms with van der Waals surface area (Å²) in [5, 5.41) is 0. The summed E-state index contributed by atoms with van der Waals surface area (Å²) >= 11 is 0. The molecule has 2 atom stereocenters. The van der Waals surface area contributed by atoms with Gasteiger partial charge in [0.05, 0.1) is 34.4 Å². The molecule has 0 aromatic rings. The molecular weight excluding hydrogens is 721 g/mol. The third kappa shape index (κ3) is 43.1. The lowest BCUT2D eigenvalue weighted by molar-refractivity contribution is -0.870. The molecule has 0 spiro atoms. The topological polar surface area (TPSA) is 91.3 Å². The Morgan fingerprint density at radius 2 is 1.04 bits per heavy atom. The molecule has 0 aromatic heterocycles. The Morgan fingerprint density at radius 3 is 1.55 bits per heavy atom. The van der Waals surface area contributed by atoms with Crippen LogP contribution < -0.4 is 0 Å². The normalized spacial score (nSPS) is 14.5. The van der Waals surface area contributed by atoms with Crippen LogP contribution in [0.2, 0.25) is 0 Å². The number of hydrogen-bond donors (Lipinski definition) is 1. The first-order chi connectivity index (χ1) is 27.1. The summed E-state index contributed by atoms with van der Waals surface area (Å²) in [5.41, 5.74) is 0. The van der Waals surface area contributed by atoms with Crippen LogP contribution in [-0.2, 0) is 27.9 Å². The van der Waals surface area contributed by atoms with Crippen LogP contribution in [0.4, 0.5) is 0 Å². The maximum Gasteiger partial charge on any atom is 0.472 e. The highest BCUT2D eigenvalue weighted by Crippen LogP contribution is 2.43. The number of carbonyl (C=O) groups is 1. The van der Waals surface area contributed by atoms with Crippen LogP contribution in [0.5, 0.6) is 0 Å². The van der Waals surface area contributed by atoms with E-state index in [-0.39, 0.29) is 25.8 Å². The number of phosphoric ester groups is 1. The second kappa shape index (κ2) is 39.8. The molecule has 0 aliphatic rings. The second-order valence-corrected chi connectivity index (χ2v) is 17.2. The van der Waals surface area contributed by atoms with Crippen molar-refractivity contribution in [1.82, 2.24) is 0 Å². The molecule has 0 rings (SSSR count).